The van der Waals surface area contributed by atoms with Crippen molar-refractivity contribution in [2.24, 2.45) is 0 Å². The van der Waals surface area contributed by atoms with Crippen LogP contribution in [0.1, 0.15) is 59.7 Å². The maximum Gasteiger partial charge on any atom is 0.348 e. The van der Waals surface area contributed by atoms with Crippen molar-refractivity contribution < 1.29 is 33.0 Å². The van der Waals surface area contributed by atoms with Gasteiger partial charge >= 0.3 is 11.9 Å². The van der Waals surface area contributed by atoms with Crippen molar-refractivity contribution in [3.63, 3.8) is 0 Å². The number of esters is 2. The number of methoxy groups -OCH3 is 1. The van der Waals surface area contributed by atoms with E-state index in [1.807, 2.05) is 36.4 Å². The molecule has 1 heterocycles. The molecule has 1 aromatic heterocycles. The Morgan fingerprint density at radius 1 is 0.953 bits per heavy atom. The van der Waals surface area contributed by atoms with Gasteiger partial charge in [-0.1, -0.05) is 32.9 Å². The average Bonchev–Trinajstić information content (AvgIpc) is 2.90. The van der Waals surface area contributed by atoms with Gasteiger partial charge in [-0.25, -0.2) is 14.8 Å². The largest absolute Gasteiger partial charge is 0.543 e. The molecule has 9 nitrogen and oxygen atoms in total. The molecular weight excluding hydrogens is 564 g/mol. The number of ether oxygens (including phenoxy) is 4. The molecule has 0 aliphatic heterocycles. The van der Waals surface area contributed by atoms with Crippen molar-refractivity contribution in [2.75, 3.05) is 7.11 Å². The zero-order valence-corrected chi connectivity index (χ0v) is 27.9. The summed E-state index contributed by atoms with van der Waals surface area (Å²) >= 11 is 0. The Morgan fingerprint density at radius 3 is 2.28 bits per heavy atom. The number of benzene rings is 2. The van der Waals surface area contributed by atoms with Crippen molar-refractivity contribution in [3.8, 4) is 28.6 Å². The molecule has 3 rings (SSSR count). The molecule has 0 saturated heterocycles. The smallest absolute Gasteiger partial charge is 0.348 e. The highest BCUT2D eigenvalue weighted by Gasteiger charge is 2.39. The summed E-state index contributed by atoms with van der Waals surface area (Å²) in [6, 6.07) is 14.8. The Balaban J connectivity index is 1.95. The average molecular weight is 609 g/mol. The van der Waals surface area contributed by atoms with Gasteiger partial charge in [-0.15, -0.1) is 0 Å². The van der Waals surface area contributed by atoms with E-state index in [9.17, 15) is 9.59 Å². The van der Waals surface area contributed by atoms with Crippen molar-refractivity contribution in [3.05, 3.63) is 66.0 Å². The molecule has 0 spiro atoms. The molecule has 2 aromatic carbocycles. The number of rotatable bonds is 11. The molecule has 0 N–H and O–H groups in total. The summed E-state index contributed by atoms with van der Waals surface area (Å²) in [5, 5.41) is -0.0225. The molecule has 0 saturated carbocycles. The Kier molecular flexibility index (Phi) is 10.6. The minimum Gasteiger partial charge on any atom is -0.543 e. The predicted molar refractivity (Wildman–Crippen MR) is 168 cm³/mol. The summed E-state index contributed by atoms with van der Waals surface area (Å²) < 4.78 is 29.3. The van der Waals surface area contributed by atoms with Crippen molar-refractivity contribution in [1.82, 2.24) is 9.97 Å². The van der Waals surface area contributed by atoms with Crippen LogP contribution in [-0.2, 0) is 32.1 Å². The fourth-order valence-corrected chi connectivity index (χ4v) is 4.92. The first kappa shape index (κ1) is 33.6. The van der Waals surface area contributed by atoms with Gasteiger partial charge in [0.25, 0.3) is 0 Å². The van der Waals surface area contributed by atoms with Gasteiger partial charge in [0.2, 0.25) is 14.4 Å². The Hall–Kier alpha value is -3.92. The first-order valence-electron chi connectivity index (χ1n) is 14.3. The molecule has 0 amide bonds. The van der Waals surface area contributed by atoms with Crippen LogP contribution in [0.25, 0.3) is 11.4 Å². The van der Waals surface area contributed by atoms with E-state index in [2.05, 4.69) is 43.8 Å². The molecule has 0 radical (unpaired) electrons. The Bertz CT molecular complexity index is 1430. The molecule has 0 fully saturated rings. The van der Waals surface area contributed by atoms with Gasteiger partial charge in [-0.2, -0.15) is 0 Å². The first-order valence-corrected chi connectivity index (χ1v) is 17.2. The summed E-state index contributed by atoms with van der Waals surface area (Å²) in [7, 11) is -0.565. The SMILES string of the molecule is COc1ccccc1-c1nccc(COc2ccc(O[Si](C)(C)C(C)(C)C)cc2C[C@@H](OC(C)=O)C(=O)OC(C)(C)C)n1. The fraction of sp³-hybridized carbons (Fsp3) is 0.455. The lowest BCUT2D eigenvalue weighted by Gasteiger charge is -2.36. The number of carbonyl (C=O) groups is 2. The third-order valence-electron chi connectivity index (χ3n) is 7.03. The second-order valence-electron chi connectivity index (χ2n) is 12.8. The minimum absolute atomic E-state index is 0.0225. The van der Waals surface area contributed by atoms with E-state index in [0.29, 0.717) is 34.3 Å². The standard InChI is InChI=1S/C33H44N2O7Si/c1-22(36)40-29(31(37)41-32(2,3)4)20-23-19-25(42-43(9,10)33(5,6)7)15-16-27(23)39-21-24-17-18-34-30(35-24)26-13-11-12-14-28(26)38-8/h11-19,29H,20-21H2,1-10H3/t29-/m1/s1. The fourth-order valence-electron chi connectivity index (χ4n) is 3.90. The molecule has 232 valence electrons. The summed E-state index contributed by atoms with van der Waals surface area (Å²) in [4.78, 5) is 34.1. The van der Waals surface area contributed by atoms with E-state index in [1.165, 1.54) is 6.92 Å². The number of carbonyl (C=O) groups excluding carboxylic acids is 2. The normalized spacial score (nSPS) is 12.7. The van der Waals surface area contributed by atoms with E-state index in [4.69, 9.17) is 23.4 Å². The number of para-hydroxylation sites is 1. The number of hydrogen-bond acceptors (Lipinski definition) is 9. The number of aromatic nitrogens is 2. The summed E-state index contributed by atoms with van der Waals surface area (Å²) in [6.07, 6.45) is 0.539. The minimum atomic E-state index is -2.17. The highest BCUT2D eigenvalue weighted by molar-refractivity contribution is 6.74. The van der Waals surface area contributed by atoms with Crippen molar-refractivity contribution in [1.29, 1.82) is 0 Å². The lowest BCUT2D eigenvalue weighted by molar-refractivity contribution is -0.174. The zero-order valence-electron chi connectivity index (χ0n) is 26.9. The molecule has 0 unspecified atom stereocenters. The topological polar surface area (TPSA) is 106 Å². The Labute approximate surface area is 256 Å². The van der Waals surface area contributed by atoms with Crippen LogP contribution < -0.4 is 13.9 Å². The van der Waals surface area contributed by atoms with E-state index in [-0.39, 0.29) is 18.1 Å². The maximum atomic E-state index is 13.1. The molecule has 0 aliphatic carbocycles. The van der Waals surface area contributed by atoms with Gasteiger partial charge in [0.1, 0.15) is 29.5 Å². The molecule has 1 atom stereocenters. The van der Waals surface area contributed by atoms with Crippen LogP contribution in [0.3, 0.4) is 0 Å². The van der Waals surface area contributed by atoms with Crippen LogP contribution >= 0.6 is 0 Å². The van der Waals surface area contributed by atoms with Gasteiger partial charge in [-0.05, 0) is 75.3 Å². The number of nitrogens with zero attached hydrogens (tertiary/aromatic N) is 2. The van der Waals surface area contributed by atoms with Crippen LogP contribution in [0.2, 0.25) is 18.1 Å². The monoisotopic (exact) mass is 608 g/mol. The summed E-state index contributed by atoms with van der Waals surface area (Å²) in [5.74, 6) is 1.11. The zero-order chi connectivity index (χ0) is 32.0. The second kappa shape index (κ2) is 13.6. The molecule has 0 bridgehead atoms. The maximum absolute atomic E-state index is 13.1. The van der Waals surface area contributed by atoms with Gasteiger partial charge in [-0.3, -0.25) is 4.79 Å². The second-order valence-corrected chi connectivity index (χ2v) is 17.6. The quantitative estimate of drug-likeness (QED) is 0.169. The molecule has 0 aliphatic rings. The van der Waals surface area contributed by atoms with Gasteiger partial charge in [0, 0.05) is 25.1 Å². The highest BCUT2D eigenvalue weighted by atomic mass is 28.4. The Morgan fingerprint density at radius 2 is 1.65 bits per heavy atom. The third-order valence-corrected chi connectivity index (χ3v) is 11.4. The number of hydrogen-bond donors (Lipinski definition) is 0. The van der Waals surface area contributed by atoms with Gasteiger partial charge in [0.05, 0.1) is 18.4 Å². The van der Waals surface area contributed by atoms with Crippen LogP contribution in [-0.4, -0.2) is 49.0 Å². The first-order chi connectivity index (χ1) is 20.0. The predicted octanol–water partition coefficient (Wildman–Crippen LogP) is 6.93. The lowest BCUT2D eigenvalue weighted by Crippen LogP contribution is -2.43. The highest BCUT2D eigenvalue weighted by Crippen LogP contribution is 2.38. The van der Waals surface area contributed by atoms with Crippen molar-refractivity contribution in [2.45, 2.75) is 91.3 Å². The van der Waals surface area contributed by atoms with Crippen LogP contribution in [0.4, 0.5) is 0 Å². The molecule has 3 aromatic rings. The van der Waals surface area contributed by atoms with E-state index in [1.54, 1.807) is 46.2 Å². The molecule has 10 heteroatoms. The van der Waals surface area contributed by atoms with E-state index >= 15 is 0 Å². The lowest BCUT2D eigenvalue weighted by atomic mass is 10.1. The van der Waals surface area contributed by atoms with E-state index < -0.39 is 32.0 Å². The van der Waals surface area contributed by atoms with Crippen LogP contribution in [0, 0.1) is 0 Å². The van der Waals surface area contributed by atoms with E-state index in [0.717, 1.165) is 5.56 Å². The van der Waals surface area contributed by atoms with Gasteiger partial charge < -0.3 is 23.4 Å². The summed E-state index contributed by atoms with van der Waals surface area (Å²) in [5.41, 5.74) is 1.29. The van der Waals surface area contributed by atoms with Crippen LogP contribution in [0.15, 0.2) is 54.7 Å². The molecule has 43 heavy (non-hydrogen) atoms. The third kappa shape index (κ3) is 9.54. The van der Waals surface area contributed by atoms with Crippen LogP contribution in [0.5, 0.6) is 17.2 Å². The van der Waals surface area contributed by atoms with Gasteiger partial charge in [0.15, 0.2) is 5.82 Å². The summed E-state index contributed by atoms with van der Waals surface area (Å²) in [6.45, 7) is 17.5. The molecular formula is C33H44N2O7Si. The van der Waals surface area contributed by atoms with Crippen molar-refractivity contribution >= 4 is 20.3 Å².